The number of anilines is 1. The summed E-state index contributed by atoms with van der Waals surface area (Å²) < 4.78 is 28.4. The molecule has 6 heteroatoms. The van der Waals surface area contributed by atoms with Crippen LogP contribution < -0.4 is 10.0 Å². The third kappa shape index (κ3) is 2.86. The van der Waals surface area contributed by atoms with E-state index < -0.39 is 10.0 Å². The molecule has 0 unspecified atom stereocenters. The van der Waals surface area contributed by atoms with Gasteiger partial charge in [0.1, 0.15) is 0 Å². The van der Waals surface area contributed by atoms with E-state index in [1.54, 1.807) is 18.2 Å². The van der Waals surface area contributed by atoms with Crippen LogP contribution >= 0.6 is 0 Å². The number of carbonyl (C=O) groups excluding carboxylic acids is 1. The van der Waals surface area contributed by atoms with Gasteiger partial charge in [-0.1, -0.05) is 6.42 Å². The maximum atomic E-state index is 12.8. The van der Waals surface area contributed by atoms with E-state index >= 15 is 0 Å². The largest absolute Gasteiger partial charge is 0.326 e. The molecule has 0 radical (unpaired) electrons. The van der Waals surface area contributed by atoms with E-state index in [9.17, 15) is 13.2 Å². The second-order valence-corrected chi connectivity index (χ2v) is 9.33. The van der Waals surface area contributed by atoms with E-state index in [2.05, 4.69) is 10.0 Å². The zero-order valence-corrected chi connectivity index (χ0v) is 14.7. The Labute approximate surface area is 143 Å². The van der Waals surface area contributed by atoms with Crippen LogP contribution in [-0.2, 0) is 21.2 Å². The van der Waals surface area contributed by atoms with Crippen LogP contribution in [0.25, 0.3) is 0 Å². The Kier molecular flexibility index (Phi) is 3.92. The third-order valence-corrected chi connectivity index (χ3v) is 7.62. The maximum Gasteiger partial charge on any atom is 0.240 e. The molecule has 2 fully saturated rings. The SMILES string of the molecule is C[C@H](NS(=O)(=O)c1ccc2c(c1)CCC(=O)N2)[C@H]1C[C@H]2CC[C@H]1C2. The summed E-state index contributed by atoms with van der Waals surface area (Å²) in [5, 5.41) is 2.79. The Morgan fingerprint density at radius 1 is 1.21 bits per heavy atom. The van der Waals surface area contributed by atoms with Crippen LogP contribution in [-0.4, -0.2) is 20.4 Å². The Hall–Kier alpha value is -1.40. The number of hydrogen-bond donors (Lipinski definition) is 2. The van der Waals surface area contributed by atoms with E-state index in [-0.39, 0.29) is 11.9 Å². The van der Waals surface area contributed by atoms with Crippen molar-refractivity contribution in [3.8, 4) is 0 Å². The van der Waals surface area contributed by atoms with Crippen LogP contribution in [0.2, 0.25) is 0 Å². The zero-order chi connectivity index (χ0) is 16.9. The molecule has 0 spiro atoms. The molecule has 5 nitrogen and oxygen atoms in total. The maximum absolute atomic E-state index is 12.8. The van der Waals surface area contributed by atoms with Gasteiger partial charge >= 0.3 is 0 Å². The van der Waals surface area contributed by atoms with Gasteiger partial charge in [-0.3, -0.25) is 4.79 Å². The van der Waals surface area contributed by atoms with Crippen molar-refractivity contribution in [2.75, 3.05) is 5.32 Å². The summed E-state index contributed by atoms with van der Waals surface area (Å²) in [7, 11) is -3.52. The molecule has 2 bridgehead atoms. The number of aryl methyl sites for hydroxylation is 1. The average molecular weight is 348 g/mol. The van der Waals surface area contributed by atoms with Gasteiger partial charge in [0.25, 0.3) is 0 Å². The van der Waals surface area contributed by atoms with Crippen LogP contribution in [0, 0.1) is 17.8 Å². The lowest BCUT2D eigenvalue weighted by atomic mass is 9.84. The molecule has 0 saturated heterocycles. The van der Waals surface area contributed by atoms with E-state index in [0.717, 1.165) is 23.6 Å². The first-order valence-corrected chi connectivity index (χ1v) is 10.4. The minimum absolute atomic E-state index is 0.0128. The second-order valence-electron chi connectivity index (χ2n) is 7.62. The zero-order valence-electron chi connectivity index (χ0n) is 13.9. The molecule has 1 aromatic carbocycles. The Balaban J connectivity index is 1.51. The van der Waals surface area contributed by atoms with Crippen molar-refractivity contribution in [1.82, 2.24) is 4.72 Å². The van der Waals surface area contributed by atoms with Gasteiger partial charge in [-0.2, -0.15) is 0 Å². The fourth-order valence-electron chi connectivity index (χ4n) is 4.83. The highest BCUT2D eigenvalue weighted by Gasteiger charge is 2.42. The molecule has 4 rings (SSSR count). The molecule has 2 aliphatic carbocycles. The van der Waals surface area contributed by atoms with Crippen LogP contribution in [0.4, 0.5) is 5.69 Å². The molecule has 1 amide bonds. The number of benzene rings is 1. The number of carbonyl (C=O) groups is 1. The molecule has 1 aliphatic heterocycles. The first kappa shape index (κ1) is 16.1. The summed E-state index contributed by atoms with van der Waals surface area (Å²) >= 11 is 0. The van der Waals surface area contributed by atoms with Gasteiger partial charge < -0.3 is 5.32 Å². The molecular weight excluding hydrogens is 324 g/mol. The minimum Gasteiger partial charge on any atom is -0.326 e. The van der Waals surface area contributed by atoms with E-state index in [1.165, 1.54) is 19.3 Å². The van der Waals surface area contributed by atoms with Crippen molar-refractivity contribution in [2.24, 2.45) is 17.8 Å². The van der Waals surface area contributed by atoms with Crippen LogP contribution in [0.5, 0.6) is 0 Å². The topological polar surface area (TPSA) is 75.3 Å². The highest BCUT2D eigenvalue weighted by Crippen LogP contribution is 2.49. The molecule has 3 aliphatic rings. The monoisotopic (exact) mass is 348 g/mol. The predicted molar refractivity (Wildman–Crippen MR) is 92.1 cm³/mol. The van der Waals surface area contributed by atoms with E-state index in [1.807, 2.05) is 6.92 Å². The first-order valence-electron chi connectivity index (χ1n) is 8.87. The minimum atomic E-state index is -3.52. The number of nitrogens with one attached hydrogen (secondary N) is 2. The lowest BCUT2D eigenvalue weighted by molar-refractivity contribution is -0.116. The van der Waals surface area contributed by atoms with Gasteiger partial charge in [0.15, 0.2) is 0 Å². The molecule has 1 heterocycles. The normalized spacial score (nSPS) is 30.0. The van der Waals surface area contributed by atoms with Crippen molar-refractivity contribution in [2.45, 2.75) is 56.4 Å². The second kappa shape index (κ2) is 5.85. The fourth-order valence-corrected chi connectivity index (χ4v) is 6.18. The fraction of sp³-hybridized carbons (Fsp3) is 0.611. The van der Waals surface area contributed by atoms with Gasteiger partial charge in [0.05, 0.1) is 4.90 Å². The highest BCUT2D eigenvalue weighted by molar-refractivity contribution is 7.89. The van der Waals surface area contributed by atoms with Crippen LogP contribution in [0.1, 0.15) is 44.6 Å². The van der Waals surface area contributed by atoms with E-state index in [4.69, 9.17) is 0 Å². The van der Waals surface area contributed by atoms with Gasteiger partial charge in [-0.05, 0) is 74.1 Å². The van der Waals surface area contributed by atoms with Crippen molar-refractivity contribution in [3.05, 3.63) is 23.8 Å². The summed E-state index contributed by atoms with van der Waals surface area (Å²) in [6.07, 6.45) is 5.99. The third-order valence-electron chi connectivity index (χ3n) is 6.06. The van der Waals surface area contributed by atoms with Crippen molar-refractivity contribution >= 4 is 21.6 Å². The van der Waals surface area contributed by atoms with Gasteiger partial charge in [0, 0.05) is 18.2 Å². The number of amides is 1. The smallest absolute Gasteiger partial charge is 0.240 e. The van der Waals surface area contributed by atoms with Crippen molar-refractivity contribution in [3.63, 3.8) is 0 Å². The van der Waals surface area contributed by atoms with Crippen molar-refractivity contribution in [1.29, 1.82) is 0 Å². The van der Waals surface area contributed by atoms with Gasteiger partial charge in [0.2, 0.25) is 15.9 Å². The van der Waals surface area contributed by atoms with E-state index in [0.29, 0.717) is 29.6 Å². The van der Waals surface area contributed by atoms with Gasteiger partial charge in [-0.25, -0.2) is 13.1 Å². The summed E-state index contributed by atoms with van der Waals surface area (Å²) in [4.78, 5) is 11.7. The summed E-state index contributed by atoms with van der Waals surface area (Å²) in [5.74, 6) is 1.95. The van der Waals surface area contributed by atoms with Gasteiger partial charge in [-0.15, -0.1) is 0 Å². The average Bonchev–Trinajstić information content (AvgIpc) is 3.17. The Morgan fingerprint density at radius 2 is 2.04 bits per heavy atom. The molecule has 1 aromatic rings. The standard InChI is InChI=1S/C18H24N2O3S/c1-11(16-9-12-2-3-13(16)8-12)20-24(22,23)15-5-6-17-14(10-15)4-7-18(21)19-17/h5-6,10-13,16,20H,2-4,7-9H2,1H3,(H,19,21)/t11-,12-,13-,16+/m0/s1. The quantitative estimate of drug-likeness (QED) is 0.878. The molecule has 2 N–H and O–H groups in total. The summed E-state index contributed by atoms with van der Waals surface area (Å²) in [6, 6.07) is 4.95. The summed E-state index contributed by atoms with van der Waals surface area (Å²) in [5.41, 5.74) is 1.62. The summed E-state index contributed by atoms with van der Waals surface area (Å²) in [6.45, 7) is 2.00. The number of fused-ring (bicyclic) bond motifs is 3. The number of hydrogen-bond acceptors (Lipinski definition) is 3. The lowest BCUT2D eigenvalue weighted by Crippen LogP contribution is -2.40. The first-order chi connectivity index (χ1) is 11.4. The molecule has 24 heavy (non-hydrogen) atoms. The van der Waals surface area contributed by atoms with Crippen LogP contribution in [0.15, 0.2) is 23.1 Å². The Morgan fingerprint density at radius 3 is 2.75 bits per heavy atom. The number of sulfonamides is 1. The molecule has 0 aromatic heterocycles. The van der Waals surface area contributed by atoms with Crippen LogP contribution in [0.3, 0.4) is 0 Å². The molecule has 130 valence electrons. The molecular formula is C18H24N2O3S. The molecule has 4 atom stereocenters. The predicted octanol–water partition coefficient (Wildman–Crippen LogP) is 2.67. The molecule has 2 saturated carbocycles. The lowest BCUT2D eigenvalue weighted by Gasteiger charge is -2.28. The number of rotatable bonds is 4. The Bertz CT molecular complexity index is 774. The van der Waals surface area contributed by atoms with Crippen molar-refractivity contribution < 1.29 is 13.2 Å². The highest BCUT2D eigenvalue weighted by atomic mass is 32.2.